The number of anilines is 2. The summed E-state index contributed by atoms with van der Waals surface area (Å²) in [6.07, 6.45) is 6.99. The van der Waals surface area contributed by atoms with Gasteiger partial charge in [-0.3, -0.25) is 14.6 Å². The van der Waals surface area contributed by atoms with E-state index >= 15 is 0 Å². The minimum absolute atomic E-state index is 0.0128. The maximum absolute atomic E-state index is 14.2. The number of piperazine rings is 1. The molecule has 5 heterocycles. The molecule has 3 fully saturated rings. The zero-order chi connectivity index (χ0) is 57.7. The largest absolute Gasteiger partial charge is 0.501 e. The smallest absolute Gasteiger partial charge is 0.455 e. The number of sulfonamides is 1. The number of nitrogens with one attached hydrogen (secondary N) is 3. The molecule has 2 aromatic heterocycles. The van der Waals surface area contributed by atoms with E-state index in [1.165, 1.54) is 23.4 Å². The van der Waals surface area contributed by atoms with Crippen LogP contribution < -0.4 is 19.7 Å². The highest BCUT2D eigenvalue weighted by Gasteiger charge is 2.48. The van der Waals surface area contributed by atoms with Crippen molar-refractivity contribution < 1.29 is 53.8 Å². The highest BCUT2D eigenvalue weighted by Crippen LogP contribution is 2.44. The number of rotatable bonds is 17. The molecule has 3 N–H and O–H groups in total. The molecule has 3 aliphatic heterocycles. The number of sulfone groups is 1. The van der Waals surface area contributed by atoms with Gasteiger partial charge < -0.3 is 39.2 Å². The van der Waals surface area contributed by atoms with Gasteiger partial charge in [-0.15, -0.1) is 0 Å². The lowest BCUT2D eigenvalue weighted by molar-refractivity contribution is -0.0436. The van der Waals surface area contributed by atoms with Gasteiger partial charge in [-0.1, -0.05) is 36.2 Å². The topological polar surface area (TPSA) is 199 Å². The van der Waals surface area contributed by atoms with Crippen molar-refractivity contribution in [2.24, 2.45) is 5.41 Å². The SMILES string of the molecule is CC(C)(C)OC(=O)N1CCCN(C[C@]2(C)CCC(c3ccc(Cl)cc3)=C(CN3CCN(c4ccc(C(=O)NS(=O)(=O)c5ccc(NCCCN6CCOCC6)c(S(=O)(=O)C(F)(F)F)c5)c(Oc5cnc6[nH]ccc6c5)c4)CC3)C2)CC1. The molecule has 1 atom stereocenters. The molecule has 0 saturated carbocycles. The van der Waals surface area contributed by atoms with Gasteiger partial charge in [0.1, 0.15) is 27.6 Å². The Balaban J connectivity index is 0.910. The molecule has 1 aliphatic carbocycles. The second-order valence-corrected chi connectivity index (χ2v) is 26.6. The van der Waals surface area contributed by atoms with Crippen molar-refractivity contribution in [1.29, 1.82) is 0 Å². The number of aromatic amines is 1. The van der Waals surface area contributed by atoms with Gasteiger partial charge in [0, 0.05) is 107 Å². The number of halogens is 4. The maximum Gasteiger partial charge on any atom is 0.501 e. The molecular weight excluding hydrogens is 1110 g/mol. The standard InChI is InChI=1S/C57H71ClF3N9O9S2/c1-55(2,3)79-54(72)70-22-6-21-68(25-28-70)39-56(4)17-15-47(40-7-9-43(58)10-8-40)42(36-56)38-67-23-26-69(27-24-67)44-11-13-48(50(34-44)78-45-33-41-16-19-63-52(41)64-37-45)53(71)65-81(75,76)46-12-14-49(51(35-46)80(73,74)57(59,60)61)62-18-5-20-66-29-31-77-32-30-66/h7-14,16,19,33-35,37,62H,5-6,15,17-18,20-32,36,38-39H2,1-4H3,(H,63,64)(H,65,71)/t56-/m1/s1. The molecule has 5 aromatic rings. The molecule has 4 aliphatic rings. The summed E-state index contributed by atoms with van der Waals surface area (Å²) < 4.78 is 115. The van der Waals surface area contributed by atoms with E-state index in [1.54, 1.807) is 30.5 Å². The van der Waals surface area contributed by atoms with E-state index in [0.717, 1.165) is 69.6 Å². The number of ether oxygens (including phenoxy) is 3. The Kier molecular flexibility index (Phi) is 18.3. The van der Waals surface area contributed by atoms with E-state index in [-0.39, 0.29) is 35.1 Å². The molecule has 0 radical (unpaired) electrons. The number of amides is 2. The fraction of sp³-hybridized carbons (Fsp3) is 0.491. The fourth-order valence-corrected chi connectivity index (χ4v) is 13.2. The first-order valence-corrected chi connectivity index (χ1v) is 30.7. The van der Waals surface area contributed by atoms with E-state index in [1.807, 2.05) is 42.5 Å². The third-order valence-electron chi connectivity index (χ3n) is 15.2. The number of aromatic nitrogens is 2. The number of nitrogens with zero attached hydrogens (tertiary/aromatic N) is 6. The molecule has 0 bridgehead atoms. The van der Waals surface area contributed by atoms with E-state index in [4.69, 9.17) is 25.8 Å². The molecule has 3 saturated heterocycles. The lowest BCUT2D eigenvalue weighted by Crippen LogP contribution is -2.47. The number of benzene rings is 3. The quantitative estimate of drug-likeness (QED) is 0.0744. The Morgan fingerprint density at radius 2 is 1.59 bits per heavy atom. The first-order chi connectivity index (χ1) is 38.4. The fourth-order valence-electron chi connectivity index (χ4n) is 11.0. The van der Waals surface area contributed by atoms with Crippen molar-refractivity contribution in [1.82, 2.24) is 34.3 Å². The maximum atomic E-state index is 14.2. The van der Waals surface area contributed by atoms with Crippen molar-refractivity contribution in [3.05, 3.63) is 107 Å². The van der Waals surface area contributed by atoms with Crippen molar-refractivity contribution in [2.45, 2.75) is 80.7 Å². The second-order valence-electron chi connectivity index (χ2n) is 22.6. The van der Waals surface area contributed by atoms with Gasteiger partial charge in [0.05, 0.1) is 35.6 Å². The molecule has 0 unspecified atom stereocenters. The van der Waals surface area contributed by atoms with E-state index in [0.29, 0.717) is 106 Å². The molecule has 18 nitrogen and oxygen atoms in total. The Hall–Kier alpha value is -5.95. The average Bonchev–Trinajstić information content (AvgIpc) is 3.97. The van der Waals surface area contributed by atoms with Crippen LogP contribution in [0.2, 0.25) is 5.02 Å². The van der Waals surface area contributed by atoms with Gasteiger partial charge in [0.15, 0.2) is 0 Å². The van der Waals surface area contributed by atoms with Crippen LogP contribution in [0.3, 0.4) is 0 Å². The Labute approximate surface area is 476 Å². The third-order valence-corrected chi connectivity index (χ3v) is 18.3. The van der Waals surface area contributed by atoms with Crippen LogP contribution in [0.4, 0.5) is 29.3 Å². The number of morpholine rings is 1. The minimum atomic E-state index is -6.06. The number of fused-ring (bicyclic) bond motifs is 1. The van der Waals surface area contributed by atoms with Gasteiger partial charge in [0.2, 0.25) is 0 Å². The summed E-state index contributed by atoms with van der Waals surface area (Å²) >= 11 is 6.37. The number of allylic oxidation sites excluding steroid dienone is 1. The van der Waals surface area contributed by atoms with Crippen LogP contribution >= 0.6 is 11.6 Å². The van der Waals surface area contributed by atoms with Gasteiger partial charge in [-0.05, 0) is 137 Å². The van der Waals surface area contributed by atoms with E-state index in [9.17, 15) is 39.6 Å². The molecule has 0 spiro atoms. The Morgan fingerprint density at radius 3 is 2.32 bits per heavy atom. The Bertz CT molecular complexity index is 3330. The monoisotopic (exact) mass is 1180 g/mol. The number of hydrogen-bond acceptors (Lipinski definition) is 15. The van der Waals surface area contributed by atoms with Crippen molar-refractivity contribution >= 4 is 71.4 Å². The number of pyridine rings is 1. The van der Waals surface area contributed by atoms with Crippen LogP contribution in [0, 0.1) is 5.41 Å². The predicted octanol–water partition coefficient (Wildman–Crippen LogP) is 9.26. The normalized spacial score (nSPS) is 19.6. The summed E-state index contributed by atoms with van der Waals surface area (Å²) in [5.41, 5.74) is -1.87. The lowest BCUT2D eigenvalue weighted by atomic mass is 9.71. The molecule has 24 heteroatoms. The van der Waals surface area contributed by atoms with Crippen LogP contribution in [0.15, 0.2) is 101 Å². The molecule has 3 aromatic carbocycles. The minimum Gasteiger partial charge on any atom is -0.455 e. The summed E-state index contributed by atoms with van der Waals surface area (Å²) in [5.74, 6) is -0.971. The number of carbonyl (C=O) groups excluding carboxylic acids is 2. The third kappa shape index (κ3) is 15.0. The van der Waals surface area contributed by atoms with Gasteiger partial charge >= 0.3 is 11.6 Å². The summed E-state index contributed by atoms with van der Waals surface area (Å²) in [6, 6.07) is 18.5. The van der Waals surface area contributed by atoms with Crippen molar-refractivity contribution in [3.63, 3.8) is 0 Å². The van der Waals surface area contributed by atoms with Gasteiger partial charge in [-0.25, -0.2) is 31.3 Å². The molecular formula is C57H71ClF3N9O9S2. The average molecular weight is 1180 g/mol. The summed E-state index contributed by atoms with van der Waals surface area (Å²) in [4.78, 5) is 43.4. The van der Waals surface area contributed by atoms with E-state index < -0.39 is 52.4 Å². The van der Waals surface area contributed by atoms with Crippen molar-refractivity contribution in [2.75, 3.05) is 115 Å². The highest BCUT2D eigenvalue weighted by molar-refractivity contribution is 7.92. The molecule has 438 valence electrons. The molecule has 9 rings (SSSR count). The van der Waals surface area contributed by atoms with Gasteiger partial charge in [0.25, 0.3) is 25.8 Å². The molecule has 81 heavy (non-hydrogen) atoms. The number of hydrogen-bond donors (Lipinski definition) is 3. The van der Waals surface area contributed by atoms with Gasteiger partial charge in [-0.2, -0.15) is 13.2 Å². The Morgan fingerprint density at radius 1 is 0.852 bits per heavy atom. The number of H-pyrrole nitrogens is 1. The van der Waals surface area contributed by atoms with Crippen LogP contribution in [0.5, 0.6) is 11.5 Å². The zero-order valence-corrected chi connectivity index (χ0v) is 48.5. The lowest BCUT2D eigenvalue weighted by Gasteiger charge is -2.42. The first kappa shape index (κ1) is 59.7. The van der Waals surface area contributed by atoms with Crippen LogP contribution in [0.25, 0.3) is 16.6 Å². The van der Waals surface area contributed by atoms with Crippen LogP contribution in [-0.4, -0.2) is 174 Å². The van der Waals surface area contributed by atoms with Crippen LogP contribution in [-0.2, 0) is 29.3 Å². The summed E-state index contributed by atoms with van der Waals surface area (Å²) in [7, 11) is -11.1. The second kappa shape index (κ2) is 24.9. The number of alkyl halides is 3. The predicted molar refractivity (Wildman–Crippen MR) is 305 cm³/mol. The summed E-state index contributed by atoms with van der Waals surface area (Å²) in [6.45, 7) is 18.3. The number of carbonyl (C=O) groups is 2. The molecule has 2 amide bonds. The summed E-state index contributed by atoms with van der Waals surface area (Å²) in [5, 5.41) is 4.11. The first-order valence-electron chi connectivity index (χ1n) is 27.4. The highest BCUT2D eigenvalue weighted by atomic mass is 35.5. The van der Waals surface area contributed by atoms with E-state index in [2.05, 4.69) is 53.9 Å². The zero-order valence-electron chi connectivity index (χ0n) is 46.1. The van der Waals surface area contributed by atoms with Crippen molar-refractivity contribution in [3.8, 4) is 11.5 Å². The van der Waals surface area contributed by atoms with Crippen LogP contribution in [0.1, 0.15) is 75.7 Å².